The van der Waals surface area contributed by atoms with Crippen LogP contribution in [0.3, 0.4) is 0 Å². The number of hydrogen-bond donors (Lipinski definition) is 2. The van der Waals surface area contributed by atoms with Crippen molar-refractivity contribution in [1.82, 2.24) is 34.4 Å². The van der Waals surface area contributed by atoms with Gasteiger partial charge in [0.25, 0.3) is 0 Å². The van der Waals surface area contributed by atoms with Gasteiger partial charge in [0.15, 0.2) is 5.82 Å². The summed E-state index contributed by atoms with van der Waals surface area (Å²) < 4.78 is 18.5. The molecule has 0 aliphatic rings. The molecule has 180 valence electrons. The summed E-state index contributed by atoms with van der Waals surface area (Å²) in [6.07, 6.45) is 8.18. The van der Waals surface area contributed by atoms with Crippen molar-refractivity contribution in [1.29, 1.82) is 0 Å². The second kappa shape index (κ2) is 9.41. The Morgan fingerprint density at radius 2 is 2.09 bits per heavy atom. The minimum Gasteiger partial charge on any atom is -0.368 e. The molecule has 0 spiro atoms. The number of anilines is 1. The van der Waals surface area contributed by atoms with E-state index in [1.54, 1.807) is 37.9 Å². The lowest BCUT2D eigenvalue weighted by Gasteiger charge is -2.14. The van der Waals surface area contributed by atoms with Gasteiger partial charge in [-0.1, -0.05) is 11.3 Å². The number of rotatable bonds is 8. The van der Waals surface area contributed by atoms with Crippen molar-refractivity contribution in [3.8, 4) is 10.6 Å². The Kier molecular flexibility index (Phi) is 6.16. The number of carbonyl (C=O) groups is 1. The highest BCUT2D eigenvalue weighted by Crippen LogP contribution is 2.36. The van der Waals surface area contributed by atoms with Crippen LogP contribution in [0.25, 0.3) is 32.0 Å². The SMILES string of the molecule is CC(=O)NC(C)c1cc(-c2nc3c(nc(NCCCn4ccnc4)c4ncn(C)c43)s2)ccc1F. The third-order valence-corrected chi connectivity index (χ3v) is 6.78. The number of benzene rings is 1. The molecule has 1 unspecified atom stereocenters. The van der Waals surface area contributed by atoms with Gasteiger partial charge in [0.1, 0.15) is 32.2 Å². The Balaban J connectivity index is 1.47. The normalized spacial score (nSPS) is 12.3. The molecule has 9 nitrogen and oxygen atoms in total. The van der Waals surface area contributed by atoms with Crippen molar-refractivity contribution in [3.05, 3.63) is 54.6 Å². The molecular weight excluding hydrogens is 467 g/mol. The molecule has 5 rings (SSSR count). The van der Waals surface area contributed by atoms with Crippen LogP contribution >= 0.6 is 11.3 Å². The Labute approximate surface area is 205 Å². The standard InChI is InChI=1S/C24H25FN8OS/c1-14(29-15(2)34)17-11-16(5-6-18(17)25)23-30-20-21-19(28-13-32(21)3)22(31-24(20)35-23)27-7-4-9-33-10-8-26-12-33/h5-6,8,10-14H,4,7,9H2,1-3H3,(H,27,31)(H,29,34). The molecule has 0 bridgehead atoms. The lowest BCUT2D eigenvalue weighted by molar-refractivity contribution is -0.119. The predicted molar refractivity (Wildman–Crippen MR) is 135 cm³/mol. The maximum Gasteiger partial charge on any atom is 0.217 e. The molecule has 1 atom stereocenters. The third-order valence-electron chi connectivity index (χ3n) is 5.78. The van der Waals surface area contributed by atoms with Crippen molar-refractivity contribution < 1.29 is 9.18 Å². The van der Waals surface area contributed by atoms with Crippen molar-refractivity contribution in [3.63, 3.8) is 0 Å². The summed E-state index contributed by atoms with van der Waals surface area (Å²) in [4.78, 5) is 30.5. The number of nitrogens with one attached hydrogen (secondary N) is 2. The van der Waals surface area contributed by atoms with Gasteiger partial charge in [0.05, 0.1) is 18.7 Å². The summed E-state index contributed by atoms with van der Waals surface area (Å²) in [5.74, 6) is 0.133. The number of amides is 1. The summed E-state index contributed by atoms with van der Waals surface area (Å²) in [6, 6.07) is 4.40. The number of imidazole rings is 2. The number of pyridine rings is 1. The molecule has 0 radical (unpaired) electrons. The summed E-state index contributed by atoms with van der Waals surface area (Å²) >= 11 is 1.44. The second-order valence-corrected chi connectivity index (χ2v) is 9.40. The van der Waals surface area contributed by atoms with Gasteiger partial charge in [-0.15, -0.1) is 0 Å². The Bertz CT molecular complexity index is 1510. The zero-order valence-corrected chi connectivity index (χ0v) is 20.4. The Hall–Kier alpha value is -3.86. The zero-order valence-electron chi connectivity index (χ0n) is 19.6. The fourth-order valence-corrected chi connectivity index (χ4v) is 5.05. The third kappa shape index (κ3) is 4.59. The van der Waals surface area contributed by atoms with Gasteiger partial charge < -0.3 is 19.8 Å². The monoisotopic (exact) mass is 492 g/mol. The molecule has 0 aliphatic carbocycles. The molecule has 1 amide bonds. The van der Waals surface area contributed by atoms with Crippen LogP contribution in [0.15, 0.2) is 43.2 Å². The van der Waals surface area contributed by atoms with E-state index in [1.165, 1.54) is 24.3 Å². The molecule has 1 aromatic carbocycles. The number of carbonyl (C=O) groups excluding carboxylic acids is 1. The molecule has 4 heterocycles. The molecule has 0 saturated carbocycles. The van der Waals surface area contributed by atoms with E-state index in [0.29, 0.717) is 11.4 Å². The fraction of sp³-hybridized carbons (Fsp3) is 0.292. The van der Waals surface area contributed by atoms with Crippen molar-refractivity contribution >= 4 is 44.4 Å². The van der Waals surface area contributed by atoms with E-state index >= 15 is 0 Å². The number of aromatic nitrogens is 6. The van der Waals surface area contributed by atoms with Gasteiger partial charge in [-0.25, -0.2) is 24.3 Å². The number of halogens is 1. The predicted octanol–water partition coefficient (Wildman–Crippen LogP) is 4.28. The number of aryl methyl sites for hydroxylation is 2. The Morgan fingerprint density at radius 3 is 2.86 bits per heavy atom. The van der Waals surface area contributed by atoms with Crippen molar-refractivity contribution in [2.45, 2.75) is 32.9 Å². The number of fused-ring (bicyclic) bond motifs is 3. The molecule has 0 saturated heterocycles. The first-order valence-electron chi connectivity index (χ1n) is 11.3. The lowest BCUT2D eigenvalue weighted by Crippen LogP contribution is -2.24. The molecule has 0 fully saturated rings. The average Bonchev–Trinajstić information content (AvgIpc) is 3.56. The van der Waals surface area contributed by atoms with Crippen LogP contribution in [0.1, 0.15) is 31.9 Å². The summed E-state index contributed by atoms with van der Waals surface area (Å²) in [7, 11) is 1.93. The smallest absolute Gasteiger partial charge is 0.217 e. The Morgan fingerprint density at radius 1 is 1.23 bits per heavy atom. The first kappa shape index (κ1) is 22.9. The molecular formula is C24H25FN8OS. The van der Waals surface area contributed by atoms with Gasteiger partial charge in [0, 0.05) is 50.6 Å². The minimum atomic E-state index is -0.457. The van der Waals surface area contributed by atoms with E-state index in [2.05, 4.69) is 20.6 Å². The van der Waals surface area contributed by atoms with Gasteiger partial charge in [0.2, 0.25) is 5.91 Å². The van der Waals surface area contributed by atoms with Crippen LogP contribution in [-0.2, 0) is 18.4 Å². The first-order chi connectivity index (χ1) is 16.9. The summed E-state index contributed by atoms with van der Waals surface area (Å²) in [6.45, 7) is 4.76. The highest BCUT2D eigenvalue weighted by Gasteiger charge is 2.19. The number of thiazole rings is 1. The minimum absolute atomic E-state index is 0.213. The largest absolute Gasteiger partial charge is 0.368 e. The quantitative estimate of drug-likeness (QED) is 0.314. The molecule has 2 N–H and O–H groups in total. The van der Waals surface area contributed by atoms with E-state index < -0.39 is 6.04 Å². The molecule has 5 aromatic rings. The van der Waals surface area contributed by atoms with Gasteiger partial charge >= 0.3 is 0 Å². The van der Waals surface area contributed by atoms with E-state index in [9.17, 15) is 9.18 Å². The van der Waals surface area contributed by atoms with E-state index in [-0.39, 0.29) is 11.7 Å². The topological polar surface area (TPSA) is 103 Å². The summed E-state index contributed by atoms with van der Waals surface area (Å²) in [5.41, 5.74) is 3.59. The summed E-state index contributed by atoms with van der Waals surface area (Å²) in [5, 5.41) is 6.89. The van der Waals surface area contributed by atoms with Crippen molar-refractivity contribution in [2.24, 2.45) is 7.05 Å². The van der Waals surface area contributed by atoms with Crippen LogP contribution < -0.4 is 10.6 Å². The average molecular weight is 493 g/mol. The fourth-order valence-electron chi connectivity index (χ4n) is 4.10. The molecule has 11 heteroatoms. The second-order valence-electron chi connectivity index (χ2n) is 8.43. The van der Waals surface area contributed by atoms with Crippen LogP contribution in [0, 0.1) is 5.82 Å². The zero-order chi connectivity index (χ0) is 24.5. The van der Waals surface area contributed by atoms with Gasteiger partial charge in [-0.3, -0.25) is 4.79 Å². The highest BCUT2D eigenvalue weighted by atomic mass is 32.1. The lowest BCUT2D eigenvalue weighted by atomic mass is 10.0. The maximum absolute atomic E-state index is 14.5. The van der Waals surface area contributed by atoms with Crippen LogP contribution in [0.5, 0.6) is 0 Å². The number of hydrogen-bond acceptors (Lipinski definition) is 7. The molecule has 4 aromatic heterocycles. The van der Waals surface area contributed by atoms with Crippen molar-refractivity contribution in [2.75, 3.05) is 11.9 Å². The molecule has 0 aliphatic heterocycles. The van der Waals surface area contributed by atoms with Gasteiger partial charge in [-0.2, -0.15) is 0 Å². The number of nitrogens with zero attached hydrogens (tertiary/aromatic N) is 6. The highest BCUT2D eigenvalue weighted by molar-refractivity contribution is 7.21. The van der Waals surface area contributed by atoms with E-state index in [0.717, 1.165) is 51.5 Å². The van der Waals surface area contributed by atoms with E-state index in [1.807, 2.05) is 22.4 Å². The first-order valence-corrected chi connectivity index (χ1v) is 12.1. The maximum atomic E-state index is 14.5. The van der Waals surface area contributed by atoms with E-state index in [4.69, 9.17) is 9.97 Å². The van der Waals surface area contributed by atoms with Crippen LogP contribution in [0.2, 0.25) is 0 Å². The van der Waals surface area contributed by atoms with Gasteiger partial charge in [-0.05, 0) is 31.5 Å². The van der Waals surface area contributed by atoms with Crippen LogP contribution in [0.4, 0.5) is 10.2 Å². The van der Waals surface area contributed by atoms with Crippen LogP contribution in [-0.4, -0.2) is 41.5 Å². The molecule has 35 heavy (non-hydrogen) atoms.